The fourth-order valence-corrected chi connectivity index (χ4v) is 11.0. The SMILES string of the molecule is CC(C)(C)OC(=O)N1[C@@H]2CC[C@H]1[C@@H](CO[Si](C)(C)C(C)(C)C)N(c1nc(OCC34CCCN3C(CO[Si](C)(C)C(C)(C)C)CC4)nc3c(F)c(Cl)nc(Cl)c13)C2. The monoisotopic (exact) mass is 854 g/mol. The first-order valence-electron chi connectivity index (χ1n) is 20.4. The summed E-state index contributed by atoms with van der Waals surface area (Å²) < 4.78 is 42.2. The highest BCUT2D eigenvalue weighted by Crippen LogP contribution is 2.46. The summed E-state index contributed by atoms with van der Waals surface area (Å²) in [6.45, 7) is 30.9. The van der Waals surface area contributed by atoms with E-state index in [2.05, 4.69) is 87.5 Å². The molecule has 11 nitrogen and oxygen atoms in total. The fourth-order valence-electron chi connectivity index (χ4n) is 8.44. The molecule has 5 atom stereocenters. The van der Waals surface area contributed by atoms with Gasteiger partial charge in [0.2, 0.25) is 0 Å². The van der Waals surface area contributed by atoms with E-state index in [0.717, 1.165) is 45.1 Å². The number of hydrogen-bond acceptors (Lipinski definition) is 10. The maximum Gasteiger partial charge on any atom is 0.410 e. The number of carbonyl (C=O) groups excluding carboxylic acids is 1. The van der Waals surface area contributed by atoms with Crippen LogP contribution in [0.2, 0.25) is 46.6 Å². The summed E-state index contributed by atoms with van der Waals surface area (Å²) in [6.07, 6.45) is 5.22. The van der Waals surface area contributed by atoms with E-state index in [1.54, 1.807) is 0 Å². The smallest absolute Gasteiger partial charge is 0.410 e. The molecule has 4 saturated heterocycles. The van der Waals surface area contributed by atoms with Crippen LogP contribution in [0.1, 0.15) is 101 Å². The lowest BCUT2D eigenvalue weighted by Crippen LogP contribution is -2.64. The van der Waals surface area contributed by atoms with Crippen molar-refractivity contribution in [2.24, 2.45) is 0 Å². The zero-order chi connectivity index (χ0) is 41.4. The van der Waals surface area contributed by atoms with Gasteiger partial charge in [-0.1, -0.05) is 64.7 Å². The molecule has 0 spiro atoms. The molecule has 16 heteroatoms. The van der Waals surface area contributed by atoms with E-state index in [-0.39, 0.29) is 67.1 Å². The Labute approximate surface area is 345 Å². The summed E-state index contributed by atoms with van der Waals surface area (Å²) in [7, 11) is -4.16. The molecule has 314 valence electrons. The molecule has 6 heterocycles. The maximum absolute atomic E-state index is 16.1. The number of aromatic nitrogens is 3. The first kappa shape index (κ1) is 43.8. The van der Waals surface area contributed by atoms with E-state index < -0.39 is 28.1 Å². The Kier molecular flexibility index (Phi) is 12.0. The van der Waals surface area contributed by atoms with Gasteiger partial charge in [0.25, 0.3) is 0 Å². The molecular weight excluding hydrogens is 791 g/mol. The van der Waals surface area contributed by atoms with Crippen molar-refractivity contribution in [2.75, 3.05) is 37.8 Å². The number of ether oxygens (including phenoxy) is 2. The van der Waals surface area contributed by atoms with Gasteiger partial charge in [-0.15, -0.1) is 0 Å². The third kappa shape index (κ3) is 8.45. The Morgan fingerprint density at radius 1 is 0.875 bits per heavy atom. The number of nitrogens with zero attached hydrogens (tertiary/aromatic N) is 6. The number of halogens is 3. The lowest BCUT2D eigenvalue weighted by molar-refractivity contribution is 0.00489. The second kappa shape index (κ2) is 15.3. The number of anilines is 1. The van der Waals surface area contributed by atoms with Gasteiger partial charge in [-0.05, 0) is 102 Å². The predicted molar refractivity (Wildman–Crippen MR) is 227 cm³/mol. The van der Waals surface area contributed by atoms with Crippen LogP contribution in [0.25, 0.3) is 10.9 Å². The average Bonchev–Trinajstić information content (AvgIpc) is 3.74. The van der Waals surface area contributed by atoms with Crippen LogP contribution in [0, 0.1) is 5.82 Å². The van der Waals surface area contributed by atoms with E-state index in [4.69, 9.17) is 46.5 Å². The lowest BCUT2D eigenvalue weighted by atomic mass is 9.95. The number of fused-ring (bicyclic) bond motifs is 4. The molecule has 4 aliphatic rings. The molecule has 4 fully saturated rings. The van der Waals surface area contributed by atoms with Gasteiger partial charge >= 0.3 is 12.1 Å². The van der Waals surface area contributed by atoms with Gasteiger partial charge in [0, 0.05) is 19.2 Å². The number of pyridine rings is 1. The van der Waals surface area contributed by atoms with Crippen molar-refractivity contribution in [3.05, 3.63) is 16.1 Å². The van der Waals surface area contributed by atoms with Crippen LogP contribution in [0.3, 0.4) is 0 Å². The third-order valence-corrected chi connectivity index (χ3v) is 23.2. The summed E-state index contributed by atoms with van der Waals surface area (Å²) >= 11 is 13.1. The normalized spacial score (nSPS) is 26.4. The van der Waals surface area contributed by atoms with Crippen LogP contribution < -0.4 is 9.64 Å². The van der Waals surface area contributed by atoms with Crippen molar-refractivity contribution in [2.45, 2.75) is 172 Å². The zero-order valence-electron chi connectivity index (χ0n) is 35.9. The van der Waals surface area contributed by atoms with Crippen molar-refractivity contribution >= 4 is 62.7 Å². The summed E-state index contributed by atoms with van der Waals surface area (Å²) in [4.78, 5) is 34.2. The van der Waals surface area contributed by atoms with Crippen molar-refractivity contribution in [1.82, 2.24) is 24.8 Å². The fraction of sp³-hybridized carbons (Fsp3) is 0.800. The molecule has 0 aromatic carbocycles. The Morgan fingerprint density at radius 2 is 1.52 bits per heavy atom. The topological polar surface area (TPSA) is 102 Å². The molecule has 2 aromatic rings. The first-order chi connectivity index (χ1) is 25.8. The van der Waals surface area contributed by atoms with Crippen molar-refractivity contribution < 1.29 is 27.5 Å². The Bertz CT molecular complexity index is 1800. The summed E-state index contributed by atoms with van der Waals surface area (Å²) in [5.74, 6) is -0.385. The number of piperazine rings is 1. The molecule has 6 rings (SSSR count). The van der Waals surface area contributed by atoms with E-state index in [1.807, 2.05) is 25.7 Å². The van der Waals surface area contributed by atoms with Crippen LogP contribution in [-0.2, 0) is 13.6 Å². The molecule has 1 amide bonds. The highest BCUT2D eigenvalue weighted by molar-refractivity contribution is 6.74. The number of hydrogen-bond donors (Lipinski definition) is 0. The van der Waals surface area contributed by atoms with E-state index in [1.165, 1.54) is 0 Å². The van der Waals surface area contributed by atoms with Gasteiger partial charge in [0.05, 0.1) is 35.7 Å². The van der Waals surface area contributed by atoms with Crippen LogP contribution >= 0.6 is 23.2 Å². The second-order valence-electron chi connectivity index (χ2n) is 20.6. The summed E-state index contributed by atoms with van der Waals surface area (Å²) in [6, 6.07) is -0.411. The lowest BCUT2D eigenvalue weighted by Gasteiger charge is -2.48. The first-order valence-corrected chi connectivity index (χ1v) is 27.0. The average molecular weight is 856 g/mol. The van der Waals surface area contributed by atoms with Crippen molar-refractivity contribution in [1.29, 1.82) is 0 Å². The zero-order valence-corrected chi connectivity index (χ0v) is 39.5. The van der Waals surface area contributed by atoms with E-state index in [9.17, 15) is 4.79 Å². The number of carbonyl (C=O) groups is 1. The van der Waals surface area contributed by atoms with Crippen LogP contribution in [-0.4, -0.2) is 116 Å². The molecule has 0 aliphatic carbocycles. The van der Waals surface area contributed by atoms with Crippen molar-refractivity contribution in [3.63, 3.8) is 0 Å². The quantitative estimate of drug-likeness (QED) is 0.170. The Balaban J connectivity index is 1.35. The minimum atomic E-state index is -2.25. The maximum atomic E-state index is 16.1. The van der Waals surface area contributed by atoms with Gasteiger partial charge in [0.15, 0.2) is 27.6 Å². The van der Waals surface area contributed by atoms with Crippen molar-refractivity contribution in [3.8, 4) is 6.01 Å². The highest BCUT2D eigenvalue weighted by Gasteiger charge is 2.53. The third-order valence-electron chi connectivity index (χ3n) is 13.7. The molecular formula is C40H65Cl2FN6O5Si2. The standard InChI is InChI=1S/C40H65Cl2FN6O5Si2/c1-37(2,3)54-36(50)49-25-15-16-27(49)28(23-53-56(12,13)39(7,8)9)47(21-25)34-29-31(30(43)33(42)45-32(29)41)44-35(46-34)51-24-40-18-14-20-48(40)26(17-19-40)22-52-55(10,11)38(4,5)6/h25-28H,14-24H2,1-13H3/t25-,26?,27+,28-,40?/m1/s1. The Morgan fingerprint density at radius 3 is 2.14 bits per heavy atom. The van der Waals surface area contributed by atoms with Crippen LogP contribution in [0.4, 0.5) is 15.0 Å². The highest BCUT2D eigenvalue weighted by atomic mass is 35.5. The summed E-state index contributed by atoms with van der Waals surface area (Å²) in [5.41, 5.74) is -0.894. The molecule has 0 radical (unpaired) electrons. The molecule has 4 aliphatic heterocycles. The number of rotatable bonds is 10. The molecule has 0 N–H and O–H groups in total. The van der Waals surface area contributed by atoms with Crippen LogP contribution in [0.5, 0.6) is 6.01 Å². The second-order valence-corrected chi connectivity index (χ2v) is 30.9. The van der Waals surface area contributed by atoms with Gasteiger partial charge in [-0.25, -0.2) is 14.2 Å². The molecule has 0 saturated carbocycles. The van der Waals surface area contributed by atoms with Gasteiger partial charge < -0.3 is 23.2 Å². The van der Waals surface area contributed by atoms with Crippen LogP contribution in [0.15, 0.2) is 0 Å². The van der Waals surface area contributed by atoms with Gasteiger partial charge in [0.1, 0.15) is 28.7 Å². The largest absolute Gasteiger partial charge is 0.461 e. The number of amides is 1. The van der Waals surface area contributed by atoms with Gasteiger partial charge in [-0.3, -0.25) is 9.80 Å². The molecule has 2 unspecified atom stereocenters. The van der Waals surface area contributed by atoms with E-state index in [0.29, 0.717) is 38.2 Å². The Hall–Kier alpha value is -1.82. The molecule has 56 heavy (non-hydrogen) atoms. The minimum absolute atomic E-state index is 0.000128. The molecule has 2 aromatic heterocycles. The molecule has 2 bridgehead atoms. The van der Waals surface area contributed by atoms with E-state index >= 15 is 4.39 Å². The van der Waals surface area contributed by atoms with Gasteiger partial charge in [-0.2, -0.15) is 9.97 Å². The minimum Gasteiger partial charge on any atom is -0.461 e. The summed E-state index contributed by atoms with van der Waals surface area (Å²) in [5, 5.41) is -0.0233. The predicted octanol–water partition coefficient (Wildman–Crippen LogP) is 9.85.